The maximum absolute atomic E-state index is 12.5. The first kappa shape index (κ1) is 18.0. The van der Waals surface area contributed by atoms with Crippen LogP contribution in [0.4, 0.5) is 19.0 Å². The molecule has 2 aromatic heterocycles. The number of halogens is 3. The van der Waals surface area contributed by atoms with Gasteiger partial charge < -0.3 is 5.73 Å². The van der Waals surface area contributed by atoms with Crippen molar-refractivity contribution in [1.29, 1.82) is 0 Å². The molecule has 3 N–H and O–H groups in total. The van der Waals surface area contributed by atoms with E-state index in [9.17, 15) is 18.0 Å². The number of aryl methyl sites for hydroxylation is 1. The van der Waals surface area contributed by atoms with Gasteiger partial charge in [0.15, 0.2) is 5.69 Å². The molecule has 0 spiro atoms. The summed E-state index contributed by atoms with van der Waals surface area (Å²) >= 11 is 0. The van der Waals surface area contributed by atoms with Crippen LogP contribution in [0.1, 0.15) is 27.3 Å². The molecule has 0 saturated heterocycles. The zero-order chi connectivity index (χ0) is 19.6. The summed E-state index contributed by atoms with van der Waals surface area (Å²) in [5, 5.41) is 18.1. The number of nitrogens with two attached hydrogens (primary N) is 1. The van der Waals surface area contributed by atoms with E-state index in [0.29, 0.717) is 5.56 Å². The number of amides is 1. The molecule has 27 heavy (non-hydrogen) atoms. The molecule has 2 heterocycles. The number of hydrazone groups is 1. The third-order valence-electron chi connectivity index (χ3n) is 3.37. The Hall–Kier alpha value is -3.77. The minimum atomic E-state index is -4.43. The second kappa shape index (κ2) is 6.86. The van der Waals surface area contributed by atoms with Gasteiger partial charge in [-0.15, -0.1) is 5.10 Å². The number of hydrogen-bond acceptors (Lipinski definition) is 8. The van der Waals surface area contributed by atoms with Crippen molar-refractivity contribution in [2.75, 3.05) is 5.73 Å². The lowest BCUT2D eigenvalue weighted by molar-refractivity contribution is -0.137. The second-order valence-corrected chi connectivity index (χ2v) is 5.23. The van der Waals surface area contributed by atoms with E-state index in [0.717, 1.165) is 16.8 Å². The number of aromatic nitrogens is 5. The van der Waals surface area contributed by atoms with Gasteiger partial charge in [0, 0.05) is 0 Å². The van der Waals surface area contributed by atoms with E-state index in [-0.39, 0.29) is 23.0 Å². The van der Waals surface area contributed by atoms with Crippen molar-refractivity contribution >= 4 is 17.9 Å². The van der Waals surface area contributed by atoms with Crippen molar-refractivity contribution in [3.05, 3.63) is 46.8 Å². The minimum absolute atomic E-state index is 0.0121. The molecule has 10 nitrogen and oxygen atoms in total. The van der Waals surface area contributed by atoms with Crippen LogP contribution in [0.3, 0.4) is 0 Å². The smallest absolute Gasteiger partial charge is 0.378 e. The van der Waals surface area contributed by atoms with Crippen LogP contribution in [0.5, 0.6) is 0 Å². The molecule has 3 rings (SSSR count). The van der Waals surface area contributed by atoms with Gasteiger partial charge in [-0.3, -0.25) is 4.79 Å². The highest BCUT2D eigenvalue weighted by atomic mass is 19.4. The Labute approximate surface area is 148 Å². The lowest BCUT2D eigenvalue weighted by atomic mass is 10.1. The van der Waals surface area contributed by atoms with E-state index >= 15 is 0 Å². The first-order valence-electron chi connectivity index (χ1n) is 7.28. The fraction of sp³-hybridized carbons (Fsp3) is 0.143. The van der Waals surface area contributed by atoms with E-state index in [2.05, 4.69) is 35.8 Å². The quantitative estimate of drug-likeness (QED) is 0.514. The third kappa shape index (κ3) is 3.75. The van der Waals surface area contributed by atoms with Gasteiger partial charge in [-0.05, 0) is 34.9 Å². The van der Waals surface area contributed by atoms with Crippen LogP contribution in [0.15, 0.2) is 34.0 Å². The molecule has 0 atom stereocenters. The van der Waals surface area contributed by atoms with E-state index < -0.39 is 17.6 Å². The van der Waals surface area contributed by atoms with Crippen LogP contribution in [0.25, 0.3) is 5.82 Å². The normalized spacial score (nSPS) is 11.9. The SMILES string of the molecule is Cc1nnn(-c2nonc2N)c1C(=O)N/N=C\c1ccc(C(F)(F)F)cc1. The van der Waals surface area contributed by atoms with E-state index in [1.807, 2.05) is 0 Å². The van der Waals surface area contributed by atoms with Gasteiger partial charge in [0.05, 0.1) is 17.5 Å². The first-order valence-corrected chi connectivity index (χ1v) is 7.28. The van der Waals surface area contributed by atoms with Crippen molar-refractivity contribution in [2.45, 2.75) is 13.1 Å². The molecule has 0 aliphatic carbocycles. The fourth-order valence-electron chi connectivity index (χ4n) is 2.08. The van der Waals surface area contributed by atoms with Crippen LogP contribution in [-0.4, -0.2) is 37.4 Å². The summed E-state index contributed by atoms with van der Waals surface area (Å²) in [4.78, 5) is 12.3. The average Bonchev–Trinajstić information content (AvgIpc) is 3.19. The molecule has 3 aromatic rings. The topological polar surface area (TPSA) is 137 Å². The van der Waals surface area contributed by atoms with Crippen LogP contribution in [-0.2, 0) is 6.18 Å². The number of carbonyl (C=O) groups excluding carboxylic acids is 1. The van der Waals surface area contributed by atoms with Gasteiger partial charge >= 0.3 is 6.18 Å². The highest BCUT2D eigenvalue weighted by Gasteiger charge is 2.29. The molecule has 0 aliphatic rings. The summed E-state index contributed by atoms with van der Waals surface area (Å²) in [6.45, 7) is 1.53. The molecule has 140 valence electrons. The third-order valence-corrected chi connectivity index (χ3v) is 3.37. The molecular formula is C14H11F3N8O2. The van der Waals surface area contributed by atoms with Crippen LogP contribution in [0, 0.1) is 6.92 Å². The maximum atomic E-state index is 12.5. The zero-order valence-electron chi connectivity index (χ0n) is 13.6. The van der Waals surface area contributed by atoms with Crippen LogP contribution >= 0.6 is 0 Å². The van der Waals surface area contributed by atoms with Gasteiger partial charge in [0.25, 0.3) is 5.91 Å². The predicted molar refractivity (Wildman–Crippen MR) is 84.9 cm³/mol. The molecule has 0 aliphatic heterocycles. The molecular weight excluding hydrogens is 369 g/mol. The van der Waals surface area contributed by atoms with Gasteiger partial charge in [0.1, 0.15) is 0 Å². The number of carbonyl (C=O) groups is 1. The highest BCUT2D eigenvalue weighted by molar-refractivity contribution is 5.94. The van der Waals surface area contributed by atoms with Crippen LogP contribution < -0.4 is 11.2 Å². The maximum Gasteiger partial charge on any atom is 0.416 e. The van der Waals surface area contributed by atoms with Crippen LogP contribution in [0.2, 0.25) is 0 Å². The molecule has 0 bridgehead atoms. The Bertz CT molecular complexity index is 991. The molecule has 0 saturated carbocycles. The Morgan fingerprint density at radius 3 is 2.59 bits per heavy atom. The molecule has 0 fully saturated rings. The first-order chi connectivity index (χ1) is 12.8. The Morgan fingerprint density at radius 2 is 2.00 bits per heavy atom. The summed E-state index contributed by atoms with van der Waals surface area (Å²) < 4.78 is 43.1. The lowest BCUT2D eigenvalue weighted by Crippen LogP contribution is -2.22. The number of nitrogens with one attached hydrogen (secondary N) is 1. The van der Waals surface area contributed by atoms with E-state index in [1.54, 1.807) is 0 Å². The van der Waals surface area contributed by atoms with E-state index in [4.69, 9.17) is 5.73 Å². The molecule has 0 radical (unpaired) electrons. The van der Waals surface area contributed by atoms with Crippen molar-refractivity contribution in [3.8, 4) is 5.82 Å². The number of rotatable bonds is 4. The Morgan fingerprint density at radius 1 is 1.30 bits per heavy atom. The molecule has 0 unspecified atom stereocenters. The Balaban J connectivity index is 1.74. The fourth-order valence-corrected chi connectivity index (χ4v) is 2.08. The summed E-state index contributed by atoms with van der Waals surface area (Å²) in [6, 6.07) is 4.26. The Kier molecular flexibility index (Phi) is 4.58. The monoisotopic (exact) mass is 380 g/mol. The second-order valence-electron chi connectivity index (χ2n) is 5.23. The molecule has 1 amide bonds. The summed E-state index contributed by atoms with van der Waals surface area (Å²) in [5.41, 5.74) is 7.63. The zero-order valence-corrected chi connectivity index (χ0v) is 13.6. The van der Waals surface area contributed by atoms with Gasteiger partial charge in [0.2, 0.25) is 11.6 Å². The van der Waals surface area contributed by atoms with Gasteiger partial charge in [-0.25, -0.2) is 10.1 Å². The predicted octanol–water partition coefficient (Wildman–Crippen LogP) is 1.32. The number of nitrogen functional groups attached to an aromatic ring is 1. The van der Waals surface area contributed by atoms with Gasteiger partial charge in [-0.1, -0.05) is 17.3 Å². The molecule has 1 aromatic carbocycles. The number of nitrogens with zero attached hydrogens (tertiary/aromatic N) is 6. The number of anilines is 1. The van der Waals surface area contributed by atoms with E-state index in [1.165, 1.54) is 25.3 Å². The number of benzene rings is 1. The summed E-state index contributed by atoms with van der Waals surface area (Å²) in [6.07, 6.45) is -3.24. The van der Waals surface area contributed by atoms with Crippen molar-refractivity contribution < 1.29 is 22.6 Å². The summed E-state index contributed by atoms with van der Waals surface area (Å²) in [7, 11) is 0. The number of hydrogen-bond donors (Lipinski definition) is 2. The van der Waals surface area contributed by atoms with Crippen molar-refractivity contribution in [2.24, 2.45) is 5.10 Å². The minimum Gasteiger partial charge on any atom is -0.378 e. The van der Waals surface area contributed by atoms with Crippen molar-refractivity contribution in [3.63, 3.8) is 0 Å². The molecule has 13 heteroatoms. The lowest BCUT2D eigenvalue weighted by Gasteiger charge is -2.05. The van der Waals surface area contributed by atoms with Gasteiger partial charge in [-0.2, -0.15) is 23.0 Å². The van der Waals surface area contributed by atoms with Crippen molar-refractivity contribution in [1.82, 2.24) is 30.7 Å². The average molecular weight is 380 g/mol. The summed E-state index contributed by atoms with van der Waals surface area (Å²) in [5.74, 6) is -0.808. The standard InChI is InChI=1S/C14H11F3N8O2/c1-7-10(25(24-20-7)12-11(18)22-27-23-12)13(26)21-19-6-8-2-4-9(5-3-8)14(15,16)17/h2-6H,1H3,(H2,18,22)(H,21,26)/b19-6-. The number of alkyl halides is 3. The highest BCUT2D eigenvalue weighted by Crippen LogP contribution is 2.28. The largest absolute Gasteiger partial charge is 0.416 e.